The van der Waals surface area contributed by atoms with Gasteiger partial charge >= 0.3 is 0 Å². The van der Waals surface area contributed by atoms with Crippen LogP contribution in [0.4, 0.5) is 0 Å². The second-order valence-electron chi connectivity index (χ2n) is 5.49. The second-order valence-corrected chi connectivity index (χ2v) is 6.78. The van der Waals surface area contributed by atoms with E-state index >= 15 is 0 Å². The highest BCUT2D eigenvalue weighted by Gasteiger charge is 2.05. The Hall–Kier alpha value is -2.41. The number of amides is 1. The Kier molecular flexibility index (Phi) is 7.40. The van der Waals surface area contributed by atoms with Crippen molar-refractivity contribution in [2.45, 2.75) is 27.3 Å². The van der Waals surface area contributed by atoms with Gasteiger partial charge in [0, 0.05) is 30.1 Å². The molecule has 0 saturated carbocycles. The molecule has 6 nitrogen and oxygen atoms in total. The van der Waals surface area contributed by atoms with E-state index in [0.717, 1.165) is 23.2 Å². The number of nitrogens with one attached hydrogen (secondary N) is 3. The van der Waals surface area contributed by atoms with Gasteiger partial charge in [-0.1, -0.05) is 18.2 Å². The number of aliphatic imine (C=N–C) groups is 1. The van der Waals surface area contributed by atoms with E-state index in [9.17, 15) is 4.79 Å². The van der Waals surface area contributed by atoms with Gasteiger partial charge in [0.25, 0.3) is 5.91 Å². The van der Waals surface area contributed by atoms with Crippen molar-refractivity contribution in [2.75, 3.05) is 19.6 Å². The first-order valence-corrected chi connectivity index (χ1v) is 9.20. The molecule has 7 heteroatoms. The molecule has 1 aromatic carbocycles. The predicted molar refractivity (Wildman–Crippen MR) is 103 cm³/mol. The molecular weight excluding hydrogens is 334 g/mol. The van der Waals surface area contributed by atoms with Crippen LogP contribution in [0.15, 0.2) is 35.3 Å². The largest absolute Gasteiger partial charge is 0.357 e. The van der Waals surface area contributed by atoms with Crippen molar-refractivity contribution in [1.82, 2.24) is 20.9 Å². The molecule has 0 bridgehead atoms. The number of thiazole rings is 1. The number of nitrogens with zero attached hydrogens (tertiary/aromatic N) is 2. The Morgan fingerprint density at radius 1 is 1.12 bits per heavy atom. The average Bonchev–Trinajstić information content (AvgIpc) is 2.95. The van der Waals surface area contributed by atoms with Crippen molar-refractivity contribution in [1.29, 1.82) is 0 Å². The van der Waals surface area contributed by atoms with Crippen molar-refractivity contribution in [3.8, 4) is 0 Å². The smallest absolute Gasteiger partial charge is 0.251 e. The normalized spacial score (nSPS) is 11.2. The minimum atomic E-state index is -0.0712. The lowest BCUT2D eigenvalue weighted by Crippen LogP contribution is -2.41. The number of aryl methyl sites for hydroxylation is 2. The first-order valence-electron chi connectivity index (χ1n) is 8.38. The SMILES string of the molecule is CCNC(=NCc1nc(C)c(C)s1)NCCNC(=O)c1ccccc1. The summed E-state index contributed by atoms with van der Waals surface area (Å²) in [6.45, 7) is 8.54. The predicted octanol–water partition coefficient (Wildman–Crippen LogP) is 2.25. The van der Waals surface area contributed by atoms with Gasteiger partial charge in [0.2, 0.25) is 0 Å². The summed E-state index contributed by atoms with van der Waals surface area (Å²) >= 11 is 1.67. The van der Waals surface area contributed by atoms with Crippen molar-refractivity contribution in [2.24, 2.45) is 4.99 Å². The minimum absolute atomic E-state index is 0.0712. The number of hydrogen-bond donors (Lipinski definition) is 3. The molecule has 1 heterocycles. The number of carbonyl (C=O) groups is 1. The van der Waals surface area contributed by atoms with Crippen molar-refractivity contribution in [3.63, 3.8) is 0 Å². The van der Waals surface area contributed by atoms with Gasteiger partial charge < -0.3 is 16.0 Å². The standard InChI is InChI=1S/C18H25N5OS/c1-4-19-18(22-12-16-23-13(2)14(3)25-16)21-11-10-20-17(24)15-8-6-5-7-9-15/h5-9H,4,10-12H2,1-3H3,(H,20,24)(H2,19,21,22). The molecule has 0 fully saturated rings. The van der Waals surface area contributed by atoms with Gasteiger partial charge in [-0.2, -0.15) is 0 Å². The third-order valence-electron chi connectivity index (χ3n) is 3.53. The topological polar surface area (TPSA) is 78.4 Å². The van der Waals surface area contributed by atoms with Crippen molar-refractivity contribution >= 4 is 23.2 Å². The van der Waals surface area contributed by atoms with Gasteiger partial charge in [-0.25, -0.2) is 9.98 Å². The Bertz CT molecular complexity index is 692. The van der Waals surface area contributed by atoms with Gasteiger partial charge in [0.05, 0.1) is 12.2 Å². The molecule has 0 aliphatic rings. The molecule has 25 heavy (non-hydrogen) atoms. The Labute approximate surface area is 152 Å². The van der Waals surface area contributed by atoms with Gasteiger partial charge in [-0.15, -0.1) is 11.3 Å². The molecule has 2 aromatic rings. The summed E-state index contributed by atoms with van der Waals surface area (Å²) in [5, 5.41) is 10.3. The molecule has 0 unspecified atom stereocenters. The maximum atomic E-state index is 12.0. The molecule has 0 aliphatic heterocycles. The highest BCUT2D eigenvalue weighted by molar-refractivity contribution is 7.11. The van der Waals surface area contributed by atoms with E-state index in [1.54, 1.807) is 23.5 Å². The third-order valence-corrected chi connectivity index (χ3v) is 4.59. The molecule has 0 spiro atoms. The monoisotopic (exact) mass is 359 g/mol. The maximum Gasteiger partial charge on any atom is 0.251 e. The molecule has 0 radical (unpaired) electrons. The summed E-state index contributed by atoms with van der Waals surface area (Å²) in [4.78, 5) is 22.2. The zero-order chi connectivity index (χ0) is 18.1. The van der Waals surface area contributed by atoms with Crippen LogP contribution in [0.2, 0.25) is 0 Å². The van der Waals surface area contributed by atoms with Crippen LogP contribution in [0.25, 0.3) is 0 Å². The maximum absolute atomic E-state index is 12.0. The van der Waals surface area contributed by atoms with Gasteiger partial charge in [-0.3, -0.25) is 4.79 Å². The highest BCUT2D eigenvalue weighted by atomic mass is 32.1. The molecular formula is C18H25N5OS. The van der Waals surface area contributed by atoms with Gasteiger partial charge in [0.15, 0.2) is 5.96 Å². The summed E-state index contributed by atoms with van der Waals surface area (Å²) in [6, 6.07) is 9.19. The quantitative estimate of drug-likeness (QED) is 0.402. The number of guanidine groups is 1. The highest BCUT2D eigenvalue weighted by Crippen LogP contribution is 2.16. The summed E-state index contributed by atoms with van der Waals surface area (Å²) < 4.78 is 0. The van der Waals surface area contributed by atoms with Crippen LogP contribution in [0.1, 0.15) is 32.9 Å². The second kappa shape index (κ2) is 9.78. The summed E-state index contributed by atoms with van der Waals surface area (Å²) in [5.41, 5.74) is 1.73. The van der Waals surface area contributed by atoms with Crippen LogP contribution in [0.3, 0.4) is 0 Å². The summed E-state index contributed by atoms with van der Waals surface area (Å²) in [7, 11) is 0. The first-order chi connectivity index (χ1) is 12.1. The fourth-order valence-corrected chi connectivity index (χ4v) is 3.00. The minimum Gasteiger partial charge on any atom is -0.357 e. The fourth-order valence-electron chi connectivity index (χ4n) is 2.14. The van der Waals surface area contributed by atoms with Crippen LogP contribution < -0.4 is 16.0 Å². The molecule has 0 saturated heterocycles. The number of carbonyl (C=O) groups excluding carboxylic acids is 1. The number of rotatable bonds is 7. The van der Waals surface area contributed by atoms with Crippen molar-refractivity contribution in [3.05, 3.63) is 51.5 Å². The molecule has 3 N–H and O–H groups in total. The lowest BCUT2D eigenvalue weighted by Gasteiger charge is -2.11. The molecule has 0 aliphatic carbocycles. The van der Waals surface area contributed by atoms with E-state index in [-0.39, 0.29) is 5.91 Å². The number of hydrogen-bond acceptors (Lipinski definition) is 4. The molecule has 0 atom stereocenters. The summed E-state index contributed by atoms with van der Waals surface area (Å²) in [5.74, 6) is 0.653. The van der Waals surface area contributed by atoms with Gasteiger partial charge in [0.1, 0.15) is 5.01 Å². The van der Waals surface area contributed by atoms with E-state index in [2.05, 4.69) is 32.9 Å². The third kappa shape index (κ3) is 6.19. The summed E-state index contributed by atoms with van der Waals surface area (Å²) in [6.07, 6.45) is 0. The Morgan fingerprint density at radius 2 is 1.84 bits per heavy atom. The average molecular weight is 359 g/mol. The molecule has 2 rings (SSSR count). The number of aromatic nitrogens is 1. The molecule has 1 aromatic heterocycles. The zero-order valence-corrected chi connectivity index (χ0v) is 15.7. The lowest BCUT2D eigenvalue weighted by atomic mass is 10.2. The Balaban J connectivity index is 1.79. The van der Waals surface area contributed by atoms with Crippen LogP contribution in [0.5, 0.6) is 0 Å². The van der Waals surface area contributed by atoms with E-state index < -0.39 is 0 Å². The van der Waals surface area contributed by atoms with E-state index in [4.69, 9.17) is 0 Å². The first kappa shape index (κ1) is 18.9. The molecule has 134 valence electrons. The van der Waals surface area contributed by atoms with Crippen LogP contribution in [0, 0.1) is 13.8 Å². The van der Waals surface area contributed by atoms with Crippen LogP contribution in [-0.4, -0.2) is 36.5 Å². The van der Waals surface area contributed by atoms with Gasteiger partial charge in [-0.05, 0) is 32.9 Å². The zero-order valence-electron chi connectivity index (χ0n) is 14.9. The van der Waals surface area contributed by atoms with E-state index in [1.807, 2.05) is 32.0 Å². The van der Waals surface area contributed by atoms with E-state index in [0.29, 0.717) is 25.2 Å². The van der Waals surface area contributed by atoms with Crippen LogP contribution in [-0.2, 0) is 6.54 Å². The van der Waals surface area contributed by atoms with Crippen LogP contribution >= 0.6 is 11.3 Å². The number of benzene rings is 1. The molecule has 1 amide bonds. The lowest BCUT2D eigenvalue weighted by molar-refractivity contribution is 0.0954. The Morgan fingerprint density at radius 3 is 2.48 bits per heavy atom. The van der Waals surface area contributed by atoms with E-state index in [1.165, 1.54) is 4.88 Å². The fraction of sp³-hybridized carbons (Fsp3) is 0.389. The van der Waals surface area contributed by atoms with Crippen molar-refractivity contribution < 1.29 is 4.79 Å².